The summed E-state index contributed by atoms with van der Waals surface area (Å²) in [6, 6.07) is 1.95. The molecule has 1 saturated heterocycles. The van der Waals surface area contributed by atoms with Gasteiger partial charge < -0.3 is 15.1 Å². The number of nitrogens with zero attached hydrogens (tertiary/aromatic N) is 6. The van der Waals surface area contributed by atoms with Crippen molar-refractivity contribution in [3.05, 3.63) is 76.7 Å². The van der Waals surface area contributed by atoms with Crippen LogP contribution >= 0.6 is 0 Å². The molecule has 0 bridgehead atoms. The number of aromatic nitrogens is 4. The maximum Gasteiger partial charge on any atom is 0.206 e. The largest absolute Gasteiger partial charge is 0.495 e. The van der Waals surface area contributed by atoms with E-state index in [4.69, 9.17) is 4.74 Å². The van der Waals surface area contributed by atoms with Gasteiger partial charge in [-0.15, -0.1) is 0 Å². The Morgan fingerprint density at radius 3 is 2.97 bits per heavy atom. The van der Waals surface area contributed by atoms with E-state index in [2.05, 4.69) is 57.2 Å². The predicted octanol–water partition coefficient (Wildman–Crippen LogP) is 1.45. The number of hydrazone groups is 1. The maximum absolute atomic E-state index is 12.2. The summed E-state index contributed by atoms with van der Waals surface area (Å²) in [6.45, 7) is 10.3. The standard InChI is InChI=1S/C26H37N9O2/c1-4-9-33(3)30-8-11-34-10-7-26(36)25(32-34)19-37-12-5-6-24-20(2)13-21(14-27-24)22-15-31-35(18-22)23-16-28-29-17-23/h5,7-8,10,12-13,15,18,23-24,27-29H,2,4,6,9,11,14,16-17,19H2,1,3H3/b12-5+,30-8-. The second kappa shape index (κ2) is 13.1. The monoisotopic (exact) mass is 507 g/mol. The highest BCUT2D eigenvalue weighted by Gasteiger charge is 2.20. The minimum absolute atomic E-state index is 0.113. The van der Waals surface area contributed by atoms with E-state index in [1.165, 1.54) is 11.6 Å². The molecule has 4 rings (SSSR count). The lowest BCUT2D eigenvalue weighted by Gasteiger charge is -2.24. The van der Waals surface area contributed by atoms with E-state index < -0.39 is 0 Å². The number of nitrogens with one attached hydrogen (secondary N) is 3. The first-order valence-electron chi connectivity index (χ1n) is 12.7. The fraction of sp³-hybridized carbons (Fsp3) is 0.462. The number of hydrogen-bond donors (Lipinski definition) is 3. The molecule has 0 amide bonds. The van der Waals surface area contributed by atoms with Crippen molar-refractivity contribution in [3.8, 4) is 0 Å². The van der Waals surface area contributed by atoms with Crippen molar-refractivity contribution >= 4 is 11.8 Å². The first-order chi connectivity index (χ1) is 18.0. The molecular weight excluding hydrogens is 470 g/mol. The van der Waals surface area contributed by atoms with Crippen LogP contribution in [0.5, 0.6) is 0 Å². The molecule has 0 saturated carbocycles. The zero-order chi connectivity index (χ0) is 26.0. The molecule has 198 valence electrons. The Balaban J connectivity index is 1.23. The molecule has 1 unspecified atom stereocenters. The second-order valence-electron chi connectivity index (χ2n) is 9.25. The summed E-state index contributed by atoms with van der Waals surface area (Å²) in [7, 11) is 1.93. The quantitative estimate of drug-likeness (QED) is 0.225. The molecule has 0 aliphatic carbocycles. The minimum Gasteiger partial charge on any atom is -0.495 e. The Kier molecular flexibility index (Phi) is 9.41. The van der Waals surface area contributed by atoms with Crippen molar-refractivity contribution in [2.75, 3.05) is 33.2 Å². The first kappa shape index (κ1) is 26.5. The Hall–Kier alpha value is -3.54. The lowest BCUT2D eigenvalue weighted by molar-refractivity contribution is 0.227. The van der Waals surface area contributed by atoms with Crippen molar-refractivity contribution in [3.63, 3.8) is 0 Å². The van der Waals surface area contributed by atoms with E-state index in [0.717, 1.165) is 50.2 Å². The number of hydrogen-bond acceptors (Lipinski definition) is 9. The molecule has 11 nitrogen and oxygen atoms in total. The van der Waals surface area contributed by atoms with Gasteiger partial charge >= 0.3 is 0 Å². The molecule has 0 spiro atoms. The van der Waals surface area contributed by atoms with E-state index in [-0.39, 0.29) is 18.1 Å². The van der Waals surface area contributed by atoms with E-state index in [9.17, 15) is 4.79 Å². The summed E-state index contributed by atoms with van der Waals surface area (Å²) in [6.07, 6.45) is 14.9. The highest BCUT2D eigenvalue weighted by atomic mass is 16.5. The molecule has 37 heavy (non-hydrogen) atoms. The smallest absolute Gasteiger partial charge is 0.206 e. The average molecular weight is 508 g/mol. The average Bonchev–Trinajstić information content (AvgIpc) is 3.59. The van der Waals surface area contributed by atoms with Crippen molar-refractivity contribution in [1.82, 2.24) is 40.7 Å². The van der Waals surface area contributed by atoms with Crippen LogP contribution < -0.4 is 21.6 Å². The molecule has 1 atom stereocenters. The van der Waals surface area contributed by atoms with Crippen LogP contribution in [-0.4, -0.2) is 70.1 Å². The zero-order valence-corrected chi connectivity index (χ0v) is 21.6. The van der Waals surface area contributed by atoms with Crippen LogP contribution in [0, 0.1) is 0 Å². The van der Waals surface area contributed by atoms with Gasteiger partial charge in [0, 0.05) is 69.5 Å². The molecule has 0 radical (unpaired) electrons. The highest BCUT2D eigenvalue weighted by Crippen LogP contribution is 2.23. The topological polar surface area (TPSA) is 114 Å². The van der Waals surface area contributed by atoms with Crippen LogP contribution in [0.4, 0.5) is 0 Å². The third-order valence-corrected chi connectivity index (χ3v) is 6.30. The fourth-order valence-corrected chi connectivity index (χ4v) is 4.22. The molecule has 0 aromatic carbocycles. The zero-order valence-electron chi connectivity index (χ0n) is 21.6. The van der Waals surface area contributed by atoms with Crippen LogP contribution in [-0.2, 0) is 17.9 Å². The third kappa shape index (κ3) is 7.48. The van der Waals surface area contributed by atoms with E-state index in [0.29, 0.717) is 18.3 Å². The van der Waals surface area contributed by atoms with Gasteiger partial charge in [-0.05, 0) is 30.1 Å². The molecule has 3 N–H and O–H groups in total. The van der Waals surface area contributed by atoms with Gasteiger partial charge in [-0.25, -0.2) is 0 Å². The molecular formula is C26H37N9O2. The van der Waals surface area contributed by atoms with Crippen LogP contribution in [0.15, 0.2) is 65.1 Å². The van der Waals surface area contributed by atoms with Gasteiger partial charge in [0.2, 0.25) is 5.43 Å². The number of ether oxygens (including phenoxy) is 1. The molecule has 2 aromatic heterocycles. The molecule has 1 fully saturated rings. The predicted molar refractivity (Wildman–Crippen MR) is 145 cm³/mol. The fourth-order valence-electron chi connectivity index (χ4n) is 4.22. The van der Waals surface area contributed by atoms with Crippen LogP contribution in [0.1, 0.15) is 37.1 Å². The Bertz CT molecular complexity index is 1190. The van der Waals surface area contributed by atoms with E-state index in [1.807, 2.05) is 29.0 Å². The van der Waals surface area contributed by atoms with Gasteiger partial charge in [0.25, 0.3) is 0 Å². The summed E-state index contributed by atoms with van der Waals surface area (Å²) in [5.41, 5.74) is 9.79. The SMILES string of the molecule is C=C1C=C(c2cnn(C3CNNC3)c2)CNC1C/C=C/OCc1nn(C/C=N\N(C)CCC)ccc1=O. The van der Waals surface area contributed by atoms with Crippen LogP contribution in [0.2, 0.25) is 0 Å². The summed E-state index contributed by atoms with van der Waals surface area (Å²) in [5, 5.41) is 18.6. The third-order valence-electron chi connectivity index (χ3n) is 6.30. The van der Waals surface area contributed by atoms with Crippen LogP contribution in [0.3, 0.4) is 0 Å². The van der Waals surface area contributed by atoms with Crippen molar-refractivity contribution in [1.29, 1.82) is 0 Å². The summed E-state index contributed by atoms with van der Waals surface area (Å²) >= 11 is 0. The molecule has 4 heterocycles. The lowest BCUT2D eigenvalue weighted by Crippen LogP contribution is -2.34. The summed E-state index contributed by atoms with van der Waals surface area (Å²) < 4.78 is 9.29. The first-order valence-corrected chi connectivity index (χ1v) is 12.7. The van der Waals surface area contributed by atoms with Crippen LogP contribution in [0.25, 0.3) is 5.57 Å². The van der Waals surface area contributed by atoms with Gasteiger partial charge in [-0.3, -0.25) is 25.0 Å². The highest BCUT2D eigenvalue weighted by molar-refractivity contribution is 5.70. The van der Waals surface area contributed by atoms with Crippen molar-refractivity contribution in [2.45, 2.75) is 45.0 Å². The Morgan fingerprint density at radius 1 is 1.35 bits per heavy atom. The molecule has 2 aromatic rings. The lowest BCUT2D eigenvalue weighted by atomic mass is 9.95. The van der Waals surface area contributed by atoms with E-state index >= 15 is 0 Å². The molecule has 2 aliphatic heterocycles. The van der Waals surface area contributed by atoms with Gasteiger partial charge in [-0.2, -0.15) is 15.3 Å². The summed E-state index contributed by atoms with van der Waals surface area (Å²) in [4.78, 5) is 12.2. The Morgan fingerprint density at radius 2 is 2.19 bits per heavy atom. The number of rotatable bonds is 12. The second-order valence-corrected chi connectivity index (χ2v) is 9.25. The minimum atomic E-state index is -0.145. The molecule has 11 heteroatoms. The van der Waals surface area contributed by atoms with Gasteiger partial charge in [0.05, 0.1) is 25.0 Å². The van der Waals surface area contributed by atoms with Crippen molar-refractivity contribution in [2.24, 2.45) is 5.10 Å². The normalized spacial score (nSPS) is 18.7. The van der Waals surface area contributed by atoms with Gasteiger partial charge in [0.1, 0.15) is 12.3 Å². The number of hydrazine groups is 1. The van der Waals surface area contributed by atoms with E-state index in [1.54, 1.807) is 23.4 Å². The Labute approximate surface area is 217 Å². The molecule has 2 aliphatic rings. The van der Waals surface area contributed by atoms with Crippen molar-refractivity contribution < 1.29 is 4.74 Å². The maximum atomic E-state index is 12.2. The summed E-state index contributed by atoms with van der Waals surface area (Å²) in [5.74, 6) is 0. The van der Waals surface area contributed by atoms with Gasteiger partial charge in [0.15, 0.2) is 0 Å². The van der Waals surface area contributed by atoms with Gasteiger partial charge in [-0.1, -0.05) is 19.6 Å².